The van der Waals surface area contributed by atoms with Crippen molar-refractivity contribution in [1.82, 2.24) is 0 Å². The lowest BCUT2D eigenvalue weighted by Gasteiger charge is -2.30. The fourth-order valence-corrected chi connectivity index (χ4v) is 2.77. The first-order valence-electron chi connectivity index (χ1n) is 6.66. The molecule has 0 saturated carbocycles. The van der Waals surface area contributed by atoms with Gasteiger partial charge < -0.3 is 9.84 Å². The second kappa shape index (κ2) is 4.71. The second-order valence-electron chi connectivity index (χ2n) is 5.26. The molecule has 0 saturated heterocycles. The van der Waals surface area contributed by atoms with Gasteiger partial charge in [-0.3, -0.25) is 0 Å². The third kappa shape index (κ3) is 2.24. The predicted octanol–water partition coefficient (Wildman–Crippen LogP) is 3.86. The van der Waals surface area contributed by atoms with Gasteiger partial charge in [-0.25, -0.2) is 0 Å². The highest BCUT2D eigenvalue weighted by molar-refractivity contribution is 5.40. The summed E-state index contributed by atoms with van der Waals surface area (Å²) in [6, 6.07) is 14.1. The van der Waals surface area contributed by atoms with Crippen molar-refractivity contribution in [2.45, 2.75) is 32.5 Å². The maximum atomic E-state index is 10.3. The van der Waals surface area contributed by atoms with E-state index < -0.39 is 6.10 Å². The number of aliphatic hydroxyl groups excluding tert-OH is 1. The average molecular weight is 254 g/mol. The summed E-state index contributed by atoms with van der Waals surface area (Å²) in [6.45, 7) is 4.18. The van der Waals surface area contributed by atoms with Crippen molar-refractivity contribution in [1.29, 1.82) is 0 Å². The molecule has 0 aliphatic carbocycles. The van der Waals surface area contributed by atoms with Gasteiger partial charge in [0.2, 0.25) is 0 Å². The zero-order valence-corrected chi connectivity index (χ0v) is 11.3. The molecular weight excluding hydrogens is 236 g/mol. The van der Waals surface area contributed by atoms with Crippen molar-refractivity contribution >= 4 is 0 Å². The van der Waals surface area contributed by atoms with E-state index in [2.05, 4.69) is 32.0 Å². The molecule has 2 nitrogen and oxygen atoms in total. The summed E-state index contributed by atoms with van der Waals surface area (Å²) in [6.07, 6.45) is 0.0992. The molecule has 0 amide bonds. The number of hydrogen-bond acceptors (Lipinski definition) is 2. The minimum Gasteiger partial charge on any atom is -0.485 e. The Morgan fingerprint density at radius 2 is 1.84 bits per heavy atom. The molecule has 1 N–H and O–H groups in total. The van der Waals surface area contributed by atoms with E-state index in [9.17, 15) is 5.11 Å². The van der Waals surface area contributed by atoms with E-state index >= 15 is 0 Å². The minimum absolute atomic E-state index is 0.0644. The van der Waals surface area contributed by atoms with Gasteiger partial charge in [-0.05, 0) is 31.0 Å². The van der Waals surface area contributed by atoms with Crippen LogP contribution in [-0.4, -0.2) is 5.11 Å². The van der Waals surface area contributed by atoms with Crippen molar-refractivity contribution in [3.63, 3.8) is 0 Å². The number of aryl methyl sites for hydroxylation is 2. The Balaban J connectivity index is 1.97. The molecule has 0 spiro atoms. The van der Waals surface area contributed by atoms with Gasteiger partial charge in [0.05, 0.1) is 6.10 Å². The zero-order chi connectivity index (χ0) is 13.4. The van der Waals surface area contributed by atoms with E-state index in [0.717, 1.165) is 11.3 Å². The summed E-state index contributed by atoms with van der Waals surface area (Å²) in [5.74, 6) is 0.797. The van der Waals surface area contributed by atoms with Gasteiger partial charge in [-0.2, -0.15) is 0 Å². The van der Waals surface area contributed by atoms with E-state index in [-0.39, 0.29) is 6.10 Å². The lowest BCUT2D eigenvalue weighted by Crippen LogP contribution is -2.19. The van der Waals surface area contributed by atoms with Gasteiger partial charge in [0.15, 0.2) is 0 Å². The third-order valence-corrected chi connectivity index (χ3v) is 3.76. The molecule has 0 aromatic heterocycles. The molecule has 0 bridgehead atoms. The quantitative estimate of drug-likeness (QED) is 0.837. The molecule has 98 valence electrons. The van der Waals surface area contributed by atoms with Gasteiger partial charge in [0, 0.05) is 12.0 Å². The highest BCUT2D eigenvalue weighted by atomic mass is 16.5. The molecule has 19 heavy (non-hydrogen) atoms. The topological polar surface area (TPSA) is 29.5 Å². The lowest BCUT2D eigenvalue weighted by molar-refractivity contribution is 0.0655. The molecule has 2 aromatic rings. The number of benzene rings is 2. The Morgan fingerprint density at radius 1 is 1.05 bits per heavy atom. The van der Waals surface area contributed by atoms with Crippen molar-refractivity contribution < 1.29 is 9.84 Å². The Kier molecular flexibility index (Phi) is 3.03. The maximum Gasteiger partial charge on any atom is 0.127 e. The summed E-state index contributed by atoms with van der Waals surface area (Å²) >= 11 is 0. The van der Waals surface area contributed by atoms with Crippen LogP contribution in [-0.2, 0) is 0 Å². The maximum absolute atomic E-state index is 10.3. The summed E-state index contributed by atoms with van der Waals surface area (Å²) in [5.41, 5.74) is 4.53. The molecule has 2 heteroatoms. The van der Waals surface area contributed by atoms with Crippen molar-refractivity contribution in [3.8, 4) is 5.75 Å². The molecule has 3 rings (SSSR count). The fraction of sp³-hybridized carbons (Fsp3) is 0.294. The lowest BCUT2D eigenvalue weighted by atomic mass is 9.92. The smallest absolute Gasteiger partial charge is 0.127 e. The first-order valence-corrected chi connectivity index (χ1v) is 6.66. The predicted molar refractivity (Wildman–Crippen MR) is 75.3 cm³/mol. The van der Waals surface area contributed by atoms with Crippen LogP contribution in [0.4, 0.5) is 0 Å². The van der Waals surface area contributed by atoms with E-state index in [1.807, 2.05) is 24.3 Å². The van der Waals surface area contributed by atoms with E-state index in [0.29, 0.717) is 6.42 Å². The average Bonchev–Trinajstić information content (AvgIpc) is 2.38. The Hall–Kier alpha value is -1.80. The van der Waals surface area contributed by atoms with Crippen LogP contribution in [0.5, 0.6) is 5.75 Å². The number of para-hydroxylation sites is 1. The molecule has 1 heterocycles. The monoisotopic (exact) mass is 254 g/mol. The van der Waals surface area contributed by atoms with Crippen LogP contribution in [0.2, 0.25) is 0 Å². The number of rotatable bonds is 1. The second-order valence-corrected chi connectivity index (χ2v) is 5.26. The Labute approximate surface area is 113 Å². The zero-order valence-electron chi connectivity index (χ0n) is 11.3. The van der Waals surface area contributed by atoms with Crippen LogP contribution in [0.1, 0.15) is 40.9 Å². The van der Waals surface area contributed by atoms with E-state index in [1.54, 1.807) is 0 Å². The highest BCUT2D eigenvalue weighted by Gasteiger charge is 2.28. The van der Waals surface area contributed by atoms with Gasteiger partial charge in [-0.1, -0.05) is 42.0 Å². The first kappa shape index (κ1) is 12.2. The molecule has 1 aliphatic rings. The third-order valence-electron chi connectivity index (χ3n) is 3.76. The number of hydrogen-bond donors (Lipinski definition) is 1. The molecule has 1 aliphatic heterocycles. The fourth-order valence-electron chi connectivity index (χ4n) is 2.77. The van der Waals surface area contributed by atoms with Crippen LogP contribution in [0.3, 0.4) is 0 Å². The first-order chi connectivity index (χ1) is 9.15. The van der Waals surface area contributed by atoms with Crippen molar-refractivity contribution in [2.24, 2.45) is 0 Å². The number of aliphatic hydroxyl groups is 1. The van der Waals surface area contributed by atoms with Gasteiger partial charge in [-0.15, -0.1) is 0 Å². The largest absolute Gasteiger partial charge is 0.485 e. The van der Waals surface area contributed by atoms with Crippen molar-refractivity contribution in [3.05, 3.63) is 64.7 Å². The molecule has 2 aromatic carbocycles. The van der Waals surface area contributed by atoms with Crippen LogP contribution in [0.25, 0.3) is 0 Å². The minimum atomic E-state index is -0.448. The van der Waals surface area contributed by atoms with E-state index in [1.165, 1.54) is 16.7 Å². The highest BCUT2D eigenvalue weighted by Crippen LogP contribution is 2.41. The number of ether oxygens (including phenoxy) is 1. The summed E-state index contributed by atoms with van der Waals surface area (Å²) < 4.78 is 6.05. The molecule has 2 atom stereocenters. The summed E-state index contributed by atoms with van der Waals surface area (Å²) in [7, 11) is 0. The molecular formula is C17H18O2. The Bertz CT molecular complexity index is 604. The number of fused-ring (bicyclic) bond motifs is 1. The van der Waals surface area contributed by atoms with Gasteiger partial charge in [0.1, 0.15) is 11.9 Å². The standard InChI is InChI=1S/C17H18O2/c1-11-7-8-13(12(2)9-11)17-10-15(18)14-5-3-4-6-16(14)19-17/h3-9,15,17-18H,10H2,1-2H3/t15-,17?/m1/s1. The van der Waals surface area contributed by atoms with Crippen LogP contribution >= 0.6 is 0 Å². The van der Waals surface area contributed by atoms with Gasteiger partial charge in [0.25, 0.3) is 0 Å². The summed E-state index contributed by atoms with van der Waals surface area (Å²) in [5, 5.41) is 10.3. The molecule has 0 fully saturated rings. The van der Waals surface area contributed by atoms with Crippen LogP contribution in [0.15, 0.2) is 42.5 Å². The molecule has 1 unspecified atom stereocenters. The van der Waals surface area contributed by atoms with Crippen molar-refractivity contribution in [2.75, 3.05) is 0 Å². The normalized spacial score (nSPS) is 21.6. The van der Waals surface area contributed by atoms with Crippen LogP contribution < -0.4 is 4.74 Å². The van der Waals surface area contributed by atoms with E-state index in [4.69, 9.17) is 4.74 Å². The van der Waals surface area contributed by atoms with Gasteiger partial charge >= 0.3 is 0 Å². The Morgan fingerprint density at radius 3 is 2.63 bits per heavy atom. The summed E-state index contributed by atoms with van der Waals surface area (Å²) in [4.78, 5) is 0. The van der Waals surface area contributed by atoms with Crippen LogP contribution in [0, 0.1) is 13.8 Å². The SMILES string of the molecule is Cc1ccc(C2C[C@@H](O)c3ccccc3O2)c(C)c1. The molecule has 0 radical (unpaired) electrons.